The zero-order valence-corrected chi connectivity index (χ0v) is 15.0. The maximum Gasteiger partial charge on any atom is 0.226 e. The first kappa shape index (κ1) is 17.4. The molecule has 1 saturated carbocycles. The standard InChI is InChI=1S/C18H21ClN2O2S/c19-16-5-2-1-4-15(16)18-21-14(12-24-18)10-17(22)20-8-3-9-23-11-13-6-7-13/h1-2,4-5,12-13H,3,6-11H2,(H,20,22). The molecule has 0 atom stereocenters. The van der Waals surface area contributed by atoms with E-state index in [0.29, 0.717) is 24.6 Å². The largest absolute Gasteiger partial charge is 0.381 e. The van der Waals surface area contributed by atoms with Crippen LogP contribution < -0.4 is 5.32 Å². The number of benzene rings is 1. The Bertz CT molecular complexity index is 685. The fourth-order valence-electron chi connectivity index (χ4n) is 2.31. The Labute approximate surface area is 151 Å². The van der Waals surface area contributed by atoms with Crippen molar-refractivity contribution in [2.45, 2.75) is 25.7 Å². The van der Waals surface area contributed by atoms with E-state index in [-0.39, 0.29) is 5.91 Å². The van der Waals surface area contributed by atoms with Crippen LogP contribution in [-0.4, -0.2) is 30.6 Å². The summed E-state index contributed by atoms with van der Waals surface area (Å²) < 4.78 is 5.55. The molecule has 1 aliphatic carbocycles. The lowest BCUT2D eigenvalue weighted by Gasteiger charge is -2.05. The summed E-state index contributed by atoms with van der Waals surface area (Å²) in [5, 5.41) is 6.35. The van der Waals surface area contributed by atoms with Crippen molar-refractivity contribution in [3.8, 4) is 10.6 Å². The van der Waals surface area contributed by atoms with Gasteiger partial charge in [-0.2, -0.15) is 0 Å². The fourth-order valence-corrected chi connectivity index (χ4v) is 3.45. The molecule has 0 aliphatic heterocycles. The molecule has 0 saturated heterocycles. The highest BCUT2D eigenvalue weighted by atomic mass is 35.5. The van der Waals surface area contributed by atoms with Gasteiger partial charge in [0.1, 0.15) is 5.01 Å². The van der Waals surface area contributed by atoms with Crippen molar-refractivity contribution >= 4 is 28.8 Å². The van der Waals surface area contributed by atoms with Crippen molar-refractivity contribution in [3.63, 3.8) is 0 Å². The van der Waals surface area contributed by atoms with Gasteiger partial charge in [-0.25, -0.2) is 4.98 Å². The number of hydrogen-bond acceptors (Lipinski definition) is 4. The highest BCUT2D eigenvalue weighted by Crippen LogP contribution is 2.30. The van der Waals surface area contributed by atoms with Crippen LogP contribution in [0.4, 0.5) is 0 Å². The molecule has 1 aromatic carbocycles. The van der Waals surface area contributed by atoms with E-state index in [1.807, 2.05) is 29.6 Å². The number of aromatic nitrogens is 1. The number of rotatable bonds is 9. The van der Waals surface area contributed by atoms with Crippen molar-refractivity contribution in [1.29, 1.82) is 0 Å². The molecule has 0 bridgehead atoms. The van der Waals surface area contributed by atoms with Crippen LogP contribution in [0.1, 0.15) is 25.0 Å². The maximum atomic E-state index is 12.0. The van der Waals surface area contributed by atoms with E-state index in [0.717, 1.165) is 35.2 Å². The van der Waals surface area contributed by atoms with Gasteiger partial charge >= 0.3 is 0 Å². The summed E-state index contributed by atoms with van der Waals surface area (Å²) in [6, 6.07) is 7.60. The van der Waals surface area contributed by atoms with E-state index in [1.165, 1.54) is 24.2 Å². The molecule has 1 heterocycles. The number of hydrogen-bond donors (Lipinski definition) is 1. The minimum atomic E-state index is -0.00629. The third kappa shape index (κ3) is 5.30. The Balaban J connectivity index is 1.39. The molecule has 0 radical (unpaired) electrons. The Morgan fingerprint density at radius 3 is 3.00 bits per heavy atom. The van der Waals surface area contributed by atoms with E-state index in [1.54, 1.807) is 0 Å². The van der Waals surface area contributed by atoms with Crippen LogP contribution in [0, 0.1) is 5.92 Å². The summed E-state index contributed by atoms with van der Waals surface area (Å²) in [4.78, 5) is 16.5. The third-order valence-electron chi connectivity index (χ3n) is 3.84. The second-order valence-corrected chi connectivity index (χ2v) is 7.29. The second-order valence-electron chi connectivity index (χ2n) is 6.02. The molecule has 1 fully saturated rings. The molecule has 24 heavy (non-hydrogen) atoms. The van der Waals surface area contributed by atoms with Gasteiger partial charge in [0.15, 0.2) is 0 Å². The molecule has 1 aromatic heterocycles. The number of carbonyl (C=O) groups excluding carboxylic acids is 1. The molecule has 0 spiro atoms. The topological polar surface area (TPSA) is 51.2 Å². The van der Waals surface area contributed by atoms with Crippen LogP contribution >= 0.6 is 22.9 Å². The number of nitrogens with zero attached hydrogens (tertiary/aromatic N) is 1. The van der Waals surface area contributed by atoms with E-state index in [4.69, 9.17) is 16.3 Å². The lowest BCUT2D eigenvalue weighted by Crippen LogP contribution is -2.27. The zero-order valence-electron chi connectivity index (χ0n) is 13.5. The van der Waals surface area contributed by atoms with Gasteiger partial charge in [0.05, 0.1) is 17.1 Å². The number of amides is 1. The zero-order chi connectivity index (χ0) is 16.8. The second kappa shape index (κ2) is 8.60. The third-order valence-corrected chi connectivity index (χ3v) is 5.09. The average Bonchev–Trinajstić information content (AvgIpc) is 3.29. The molecule has 3 rings (SSSR count). The first-order chi connectivity index (χ1) is 11.7. The number of thiazole rings is 1. The average molecular weight is 365 g/mol. The molecule has 4 nitrogen and oxygen atoms in total. The van der Waals surface area contributed by atoms with E-state index in [2.05, 4.69) is 10.3 Å². The Morgan fingerprint density at radius 1 is 1.38 bits per heavy atom. The Hall–Kier alpha value is -1.43. The molecule has 1 N–H and O–H groups in total. The Morgan fingerprint density at radius 2 is 2.21 bits per heavy atom. The summed E-state index contributed by atoms with van der Waals surface area (Å²) in [5.74, 6) is 0.782. The molecular weight excluding hydrogens is 344 g/mol. The van der Waals surface area contributed by atoms with E-state index < -0.39 is 0 Å². The molecule has 128 valence electrons. The minimum absolute atomic E-state index is 0.00629. The van der Waals surface area contributed by atoms with Gasteiger partial charge in [-0.3, -0.25) is 4.79 Å². The van der Waals surface area contributed by atoms with Gasteiger partial charge in [-0.1, -0.05) is 29.8 Å². The summed E-state index contributed by atoms with van der Waals surface area (Å²) in [6.45, 7) is 2.23. The van der Waals surface area contributed by atoms with Crippen molar-refractivity contribution in [3.05, 3.63) is 40.4 Å². The smallest absolute Gasteiger partial charge is 0.226 e. The van der Waals surface area contributed by atoms with Gasteiger partial charge in [0.25, 0.3) is 0 Å². The summed E-state index contributed by atoms with van der Waals surface area (Å²) in [6.07, 6.45) is 3.76. The van der Waals surface area contributed by atoms with Crippen molar-refractivity contribution in [2.24, 2.45) is 5.92 Å². The van der Waals surface area contributed by atoms with Gasteiger partial charge in [0.2, 0.25) is 5.91 Å². The number of carbonyl (C=O) groups is 1. The highest BCUT2D eigenvalue weighted by molar-refractivity contribution is 7.13. The van der Waals surface area contributed by atoms with Crippen LogP contribution in [0.5, 0.6) is 0 Å². The van der Waals surface area contributed by atoms with Gasteiger partial charge in [-0.15, -0.1) is 11.3 Å². The lowest BCUT2D eigenvalue weighted by molar-refractivity contribution is -0.120. The quantitative estimate of drug-likeness (QED) is 0.686. The van der Waals surface area contributed by atoms with Gasteiger partial charge in [-0.05, 0) is 31.2 Å². The van der Waals surface area contributed by atoms with Gasteiger partial charge < -0.3 is 10.1 Å². The van der Waals surface area contributed by atoms with Crippen LogP contribution in [0.3, 0.4) is 0 Å². The number of ether oxygens (including phenoxy) is 1. The lowest BCUT2D eigenvalue weighted by atomic mass is 10.2. The SMILES string of the molecule is O=C(Cc1csc(-c2ccccc2Cl)n1)NCCCOCC1CC1. The predicted octanol–water partition coefficient (Wildman–Crippen LogP) is 3.94. The molecule has 2 aromatic rings. The normalized spacial score (nSPS) is 13.9. The summed E-state index contributed by atoms with van der Waals surface area (Å²) in [5.41, 5.74) is 1.68. The summed E-state index contributed by atoms with van der Waals surface area (Å²) >= 11 is 7.69. The first-order valence-electron chi connectivity index (χ1n) is 8.26. The predicted molar refractivity (Wildman–Crippen MR) is 97.4 cm³/mol. The van der Waals surface area contributed by atoms with E-state index in [9.17, 15) is 4.79 Å². The minimum Gasteiger partial charge on any atom is -0.381 e. The van der Waals surface area contributed by atoms with E-state index >= 15 is 0 Å². The number of nitrogens with one attached hydrogen (secondary N) is 1. The van der Waals surface area contributed by atoms with Crippen molar-refractivity contribution in [2.75, 3.05) is 19.8 Å². The molecular formula is C18H21ClN2O2S. The van der Waals surface area contributed by atoms with Crippen LogP contribution in [0.2, 0.25) is 5.02 Å². The first-order valence-corrected chi connectivity index (χ1v) is 9.52. The highest BCUT2D eigenvalue weighted by Gasteiger charge is 2.20. The molecule has 0 unspecified atom stereocenters. The van der Waals surface area contributed by atoms with Crippen molar-refractivity contribution < 1.29 is 9.53 Å². The molecule has 6 heteroatoms. The van der Waals surface area contributed by atoms with Crippen LogP contribution in [0.25, 0.3) is 10.6 Å². The Kier molecular flexibility index (Phi) is 6.24. The fraction of sp³-hybridized carbons (Fsp3) is 0.444. The van der Waals surface area contributed by atoms with Crippen molar-refractivity contribution in [1.82, 2.24) is 10.3 Å². The number of halogens is 1. The monoisotopic (exact) mass is 364 g/mol. The molecule has 1 aliphatic rings. The molecule has 1 amide bonds. The van der Waals surface area contributed by atoms with Gasteiger partial charge in [0, 0.05) is 30.7 Å². The van der Waals surface area contributed by atoms with Crippen LogP contribution in [0.15, 0.2) is 29.6 Å². The van der Waals surface area contributed by atoms with Crippen LogP contribution in [-0.2, 0) is 16.0 Å². The maximum absolute atomic E-state index is 12.0. The summed E-state index contributed by atoms with van der Waals surface area (Å²) in [7, 11) is 0.